The van der Waals surface area contributed by atoms with E-state index >= 15 is 0 Å². The van der Waals surface area contributed by atoms with Crippen molar-refractivity contribution < 1.29 is 14.3 Å². The number of ether oxygens (including phenoxy) is 1. The zero-order valence-corrected chi connectivity index (χ0v) is 21.0. The molecule has 0 bridgehead atoms. The Balaban J connectivity index is 1.45. The molecule has 1 unspecified atom stereocenters. The number of allylic oxidation sites excluding steroid dienone is 3. The van der Waals surface area contributed by atoms with Crippen molar-refractivity contribution in [2.24, 2.45) is 5.73 Å². The average molecular weight is 518 g/mol. The molecule has 1 aliphatic heterocycles. The van der Waals surface area contributed by atoms with Gasteiger partial charge in [-0.1, -0.05) is 24.3 Å². The minimum absolute atomic E-state index is 0.0579. The first kappa shape index (κ1) is 24.6. The molecule has 1 atom stereocenters. The lowest BCUT2D eigenvalue weighted by atomic mass is 9.93. The van der Waals surface area contributed by atoms with Crippen molar-refractivity contribution >= 4 is 29.2 Å². The molecule has 0 saturated carbocycles. The zero-order chi connectivity index (χ0) is 25.8. The number of carbonyl (C=O) groups excluding carboxylic acids is 2. The Morgan fingerprint density at radius 3 is 2.62 bits per heavy atom. The molecule has 4 N–H and O–H groups in total. The van der Waals surface area contributed by atoms with E-state index in [1.165, 1.54) is 0 Å². The maximum Gasteiger partial charge on any atom is 0.254 e. The van der Waals surface area contributed by atoms with E-state index in [0.29, 0.717) is 29.4 Å². The predicted octanol–water partition coefficient (Wildman–Crippen LogP) is 5.15. The normalized spacial score (nSPS) is 16.6. The minimum Gasteiger partial charge on any atom is -0.457 e. The maximum absolute atomic E-state index is 12.6. The number of hydrogen-bond donors (Lipinski definition) is 3. The number of halogens is 1. The third-order valence-electron chi connectivity index (χ3n) is 6.44. The number of nitrogens with one attached hydrogen (secondary N) is 2. The highest BCUT2D eigenvalue weighted by atomic mass is 35.5. The number of primary amides is 1. The van der Waals surface area contributed by atoms with Crippen LogP contribution in [0.4, 0.5) is 5.82 Å². The van der Waals surface area contributed by atoms with Gasteiger partial charge < -0.3 is 21.1 Å². The lowest BCUT2D eigenvalue weighted by molar-refractivity contribution is -0.119. The summed E-state index contributed by atoms with van der Waals surface area (Å²) >= 11 is 5.70. The van der Waals surface area contributed by atoms with Crippen LogP contribution in [0.25, 0.3) is 11.3 Å². The van der Waals surface area contributed by atoms with Gasteiger partial charge in [-0.2, -0.15) is 5.10 Å². The van der Waals surface area contributed by atoms with Crippen molar-refractivity contribution in [1.82, 2.24) is 15.1 Å². The Bertz CT molecular complexity index is 1360. The van der Waals surface area contributed by atoms with Crippen LogP contribution in [-0.4, -0.2) is 34.0 Å². The second-order valence-corrected chi connectivity index (χ2v) is 9.33. The molecule has 1 aromatic heterocycles. The van der Waals surface area contributed by atoms with E-state index in [9.17, 15) is 9.59 Å². The number of amides is 2. The first-order chi connectivity index (χ1) is 18.0. The van der Waals surface area contributed by atoms with E-state index in [2.05, 4.69) is 10.6 Å². The Kier molecular flexibility index (Phi) is 7.28. The van der Waals surface area contributed by atoms with Gasteiger partial charge in [-0.3, -0.25) is 9.59 Å². The highest BCUT2D eigenvalue weighted by Gasteiger charge is 2.31. The standard InChI is InChI=1S/C28H28ClN5O3/c29-15-13-24(35)32-20-6-4-5-19(17-20)23-14-16-31-28-25(27(30)36)26(33-34(23)28)18-9-11-22(12-10-18)37-21-7-2-1-3-8-21/h1-3,6-12,17,23,31H,4-5,13-16H2,(H2,30,36)(H,32,35). The molecule has 5 rings (SSSR count). The summed E-state index contributed by atoms with van der Waals surface area (Å²) in [5.74, 6) is 1.66. The molecule has 3 aromatic rings. The molecule has 9 heteroatoms. The number of alkyl halides is 1. The zero-order valence-electron chi connectivity index (χ0n) is 20.2. The SMILES string of the molecule is NC(=O)c1c(-c2ccc(Oc3ccccc3)cc2)nn2c1NCCC2C1=CC(NC(=O)CCCl)=CCC1. The summed E-state index contributed by atoms with van der Waals surface area (Å²) in [4.78, 5) is 24.6. The molecule has 0 spiro atoms. The summed E-state index contributed by atoms with van der Waals surface area (Å²) in [6.45, 7) is 0.676. The number of benzene rings is 2. The van der Waals surface area contributed by atoms with Gasteiger partial charge in [-0.15, -0.1) is 11.6 Å². The first-order valence-corrected chi connectivity index (χ1v) is 12.8. The third kappa shape index (κ3) is 5.39. The molecule has 2 amide bonds. The lowest BCUT2D eigenvalue weighted by Crippen LogP contribution is -2.28. The van der Waals surface area contributed by atoms with Gasteiger partial charge in [0, 0.05) is 30.1 Å². The largest absolute Gasteiger partial charge is 0.457 e. The molecule has 2 aliphatic rings. The van der Waals surface area contributed by atoms with Crippen molar-refractivity contribution in [2.75, 3.05) is 17.7 Å². The molecule has 0 fully saturated rings. The number of nitrogens with zero attached hydrogens (tertiary/aromatic N) is 2. The van der Waals surface area contributed by atoms with E-state index in [1.807, 2.05) is 71.4 Å². The number of carbonyl (C=O) groups is 2. The molecule has 2 heterocycles. The molecule has 1 aliphatic carbocycles. The molecule has 8 nitrogen and oxygen atoms in total. The fourth-order valence-electron chi connectivity index (χ4n) is 4.75. The van der Waals surface area contributed by atoms with Gasteiger partial charge >= 0.3 is 0 Å². The lowest BCUT2D eigenvalue weighted by Gasteiger charge is -2.29. The Labute approximate surface area is 220 Å². The second-order valence-electron chi connectivity index (χ2n) is 8.96. The van der Waals surface area contributed by atoms with Crippen LogP contribution in [0.3, 0.4) is 0 Å². The van der Waals surface area contributed by atoms with Crippen LogP contribution in [0.2, 0.25) is 0 Å². The average Bonchev–Trinajstić information content (AvgIpc) is 3.30. The highest BCUT2D eigenvalue weighted by Crippen LogP contribution is 2.39. The molecule has 0 radical (unpaired) electrons. The van der Waals surface area contributed by atoms with Crippen LogP contribution < -0.4 is 21.1 Å². The van der Waals surface area contributed by atoms with Gasteiger partial charge in [0.05, 0.1) is 6.04 Å². The number of aromatic nitrogens is 2. The van der Waals surface area contributed by atoms with Crippen molar-refractivity contribution in [3.63, 3.8) is 0 Å². The molecule has 0 saturated heterocycles. The number of anilines is 1. The van der Waals surface area contributed by atoms with E-state index in [-0.39, 0.29) is 24.2 Å². The minimum atomic E-state index is -0.541. The fraction of sp³-hybridized carbons (Fsp3) is 0.250. The van der Waals surface area contributed by atoms with Gasteiger partial charge in [-0.05, 0) is 67.3 Å². The van der Waals surface area contributed by atoms with Crippen LogP contribution in [0.15, 0.2) is 78.0 Å². The summed E-state index contributed by atoms with van der Waals surface area (Å²) in [7, 11) is 0. The number of fused-ring (bicyclic) bond motifs is 1. The molecule has 37 heavy (non-hydrogen) atoms. The van der Waals surface area contributed by atoms with Crippen molar-refractivity contribution in [3.05, 3.63) is 83.6 Å². The maximum atomic E-state index is 12.6. The van der Waals surface area contributed by atoms with Gasteiger partial charge in [0.25, 0.3) is 5.91 Å². The topological polar surface area (TPSA) is 111 Å². The summed E-state index contributed by atoms with van der Waals surface area (Å²) in [5, 5.41) is 11.1. The Hall–Kier alpha value is -4.04. The first-order valence-electron chi connectivity index (χ1n) is 12.3. The van der Waals surface area contributed by atoms with E-state index in [1.54, 1.807) is 0 Å². The van der Waals surface area contributed by atoms with Crippen molar-refractivity contribution in [3.8, 4) is 22.8 Å². The summed E-state index contributed by atoms with van der Waals surface area (Å²) < 4.78 is 7.76. The van der Waals surface area contributed by atoms with Crippen LogP contribution >= 0.6 is 11.6 Å². The predicted molar refractivity (Wildman–Crippen MR) is 144 cm³/mol. The Morgan fingerprint density at radius 1 is 1.14 bits per heavy atom. The van der Waals surface area contributed by atoms with Gasteiger partial charge in [0.15, 0.2) is 0 Å². The summed E-state index contributed by atoms with van der Waals surface area (Å²) in [6.07, 6.45) is 6.73. The van der Waals surface area contributed by atoms with Gasteiger partial charge in [0.2, 0.25) is 5.91 Å². The summed E-state index contributed by atoms with van der Waals surface area (Å²) in [6, 6.07) is 16.9. The second kappa shape index (κ2) is 10.9. The van der Waals surface area contributed by atoms with Gasteiger partial charge in [-0.25, -0.2) is 4.68 Å². The molecule has 190 valence electrons. The van der Waals surface area contributed by atoms with E-state index in [0.717, 1.165) is 41.8 Å². The monoisotopic (exact) mass is 517 g/mol. The molecular formula is C28H28ClN5O3. The number of nitrogens with two attached hydrogens (primary N) is 1. The van der Waals surface area contributed by atoms with Crippen LogP contribution in [0.1, 0.15) is 42.1 Å². The van der Waals surface area contributed by atoms with Crippen molar-refractivity contribution in [1.29, 1.82) is 0 Å². The van der Waals surface area contributed by atoms with Crippen LogP contribution in [-0.2, 0) is 4.79 Å². The van der Waals surface area contributed by atoms with E-state index in [4.69, 9.17) is 27.2 Å². The van der Waals surface area contributed by atoms with Gasteiger partial charge in [0.1, 0.15) is 28.6 Å². The molecular weight excluding hydrogens is 490 g/mol. The number of para-hydroxylation sites is 1. The number of hydrogen-bond acceptors (Lipinski definition) is 5. The highest BCUT2D eigenvalue weighted by molar-refractivity contribution is 6.19. The van der Waals surface area contributed by atoms with Crippen molar-refractivity contribution in [2.45, 2.75) is 31.7 Å². The van der Waals surface area contributed by atoms with Crippen LogP contribution in [0, 0.1) is 0 Å². The fourth-order valence-corrected chi connectivity index (χ4v) is 4.92. The molecule has 2 aromatic carbocycles. The smallest absolute Gasteiger partial charge is 0.254 e. The quantitative estimate of drug-likeness (QED) is 0.358. The third-order valence-corrected chi connectivity index (χ3v) is 6.63. The van der Waals surface area contributed by atoms with E-state index < -0.39 is 5.91 Å². The summed E-state index contributed by atoms with van der Waals surface area (Å²) in [5.41, 5.74) is 9.41. The number of rotatable bonds is 8. The Morgan fingerprint density at radius 2 is 1.89 bits per heavy atom. The van der Waals surface area contributed by atoms with Crippen LogP contribution in [0.5, 0.6) is 11.5 Å².